The van der Waals surface area contributed by atoms with Crippen LogP contribution in [0.4, 0.5) is 19.0 Å². The van der Waals surface area contributed by atoms with Crippen LogP contribution in [-0.4, -0.2) is 10.1 Å². The summed E-state index contributed by atoms with van der Waals surface area (Å²) in [5, 5.41) is 11.7. The largest absolute Gasteiger partial charge is 0.433 e. The minimum atomic E-state index is -4.44. The molecule has 1 aromatic carbocycles. The third kappa shape index (κ3) is 3.71. The number of hydrogen-bond donors (Lipinski definition) is 2. The predicted molar refractivity (Wildman–Crippen MR) is 68.9 cm³/mol. The molecule has 0 fully saturated rings. The summed E-state index contributed by atoms with van der Waals surface area (Å²) in [5.74, 6) is 0.172. The molecule has 3 nitrogen and oxygen atoms in total. The number of aliphatic hydroxyl groups is 1. The second kappa shape index (κ2) is 5.92. The van der Waals surface area contributed by atoms with E-state index in [2.05, 4.69) is 10.3 Å². The molecule has 106 valence electrons. The van der Waals surface area contributed by atoms with Crippen LogP contribution in [0.2, 0.25) is 0 Å². The summed E-state index contributed by atoms with van der Waals surface area (Å²) in [7, 11) is 0. The number of aliphatic hydroxyl groups excluding tert-OH is 1. The summed E-state index contributed by atoms with van der Waals surface area (Å²) >= 11 is 0. The molecule has 6 heteroatoms. The molecular formula is C14H13F3N2O. The van der Waals surface area contributed by atoms with Crippen LogP contribution in [0, 0.1) is 0 Å². The lowest BCUT2D eigenvalue weighted by atomic mass is 10.1. The molecule has 0 amide bonds. The van der Waals surface area contributed by atoms with E-state index in [4.69, 9.17) is 5.11 Å². The zero-order valence-electron chi connectivity index (χ0n) is 10.5. The Kier molecular flexibility index (Phi) is 4.24. The lowest BCUT2D eigenvalue weighted by Crippen LogP contribution is -2.10. The average Bonchev–Trinajstić information content (AvgIpc) is 2.45. The van der Waals surface area contributed by atoms with Crippen LogP contribution in [0.25, 0.3) is 0 Å². The van der Waals surface area contributed by atoms with Crippen molar-refractivity contribution in [2.75, 3.05) is 5.32 Å². The van der Waals surface area contributed by atoms with Gasteiger partial charge < -0.3 is 10.4 Å². The maximum atomic E-state index is 12.5. The second-order valence-electron chi connectivity index (χ2n) is 4.23. The Hall–Kier alpha value is -2.08. The van der Waals surface area contributed by atoms with Gasteiger partial charge in [-0.2, -0.15) is 13.2 Å². The van der Waals surface area contributed by atoms with Gasteiger partial charge in [0.2, 0.25) is 0 Å². The Labute approximate surface area is 114 Å². The molecule has 20 heavy (non-hydrogen) atoms. The van der Waals surface area contributed by atoms with Crippen LogP contribution in [0.3, 0.4) is 0 Å². The van der Waals surface area contributed by atoms with Crippen molar-refractivity contribution < 1.29 is 18.3 Å². The van der Waals surface area contributed by atoms with Crippen LogP contribution < -0.4 is 5.32 Å². The van der Waals surface area contributed by atoms with Crippen molar-refractivity contribution in [3.05, 3.63) is 59.3 Å². The van der Waals surface area contributed by atoms with E-state index >= 15 is 0 Å². The van der Waals surface area contributed by atoms with Gasteiger partial charge >= 0.3 is 6.18 Å². The number of nitrogens with one attached hydrogen (secondary N) is 1. The van der Waals surface area contributed by atoms with Gasteiger partial charge in [0.1, 0.15) is 11.5 Å². The number of nitrogens with zero attached hydrogens (tertiary/aromatic N) is 1. The Morgan fingerprint density at radius 1 is 1.00 bits per heavy atom. The number of halogens is 3. The molecule has 0 aliphatic rings. The van der Waals surface area contributed by atoms with Gasteiger partial charge in [0, 0.05) is 6.54 Å². The molecule has 0 radical (unpaired) electrons. The van der Waals surface area contributed by atoms with Gasteiger partial charge in [-0.1, -0.05) is 30.3 Å². The van der Waals surface area contributed by atoms with Gasteiger partial charge in [-0.25, -0.2) is 4.98 Å². The van der Waals surface area contributed by atoms with Crippen molar-refractivity contribution in [2.24, 2.45) is 0 Å². The lowest BCUT2D eigenvalue weighted by Gasteiger charge is -2.09. The number of alkyl halides is 3. The number of rotatable bonds is 4. The van der Waals surface area contributed by atoms with Crippen LogP contribution in [0.15, 0.2) is 42.5 Å². The number of hydrogen-bond acceptors (Lipinski definition) is 3. The molecule has 0 atom stereocenters. The van der Waals surface area contributed by atoms with E-state index in [0.717, 1.165) is 17.2 Å². The fourth-order valence-electron chi connectivity index (χ4n) is 1.65. The zero-order valence-corrected chi connectivity index (χ0v) is 10.5. The molecule has 2 rings (SSSR count). The number of aromatic nitrogens is 1. The van der Waals surface area contributed by atoms with Gasteiger partial charge in [0.15, 0.2) is 0 Å². The van der Waals surface area contributed by atoms with E-state index in [1.165, 1.54) is 12.1 Å². The molecule has 0 aliphatic heterocycles. The molecular weight excluding hydrogens is 269 g/mol. The minimum Gasteiger partial charge on any atom is -0.392 e. The monoisotopic (exact) mass is 282 g/mol. The maximum absolute atomic E-state index is 12.5. The summed E-state index contributed by atoms with van der Waals surface area (Å²) in [4.78, 5) is 3.52. The topological polar surface area (TPSA) is 45.1 Å². The summed E-state index contributed by atoms with van der Waals surface area (Å²) in [6.07, 6.45) is -4.44. The number of anilines is 1. The highest BCUT2D eigenvalue weighted by Gasteiger charge is 2.32. The van der Waals surface area contributed by atoms with Gasteiger partial charge in [0.05, 0.1) is 6.61 Å². The van der Waals surface area contributed by atoms with Crippen molar-refractivity contribution in [1.82, 2.24) is 4.98 Å². The normalized spacial score (nSPS) is 11.4. The fraction of sp³-hybridized carbons (Fsp3) is 0.214. The van der Waals surface area contributed by atoms with Crippen LogP contribution in [0.1, 0.15) is 16.8 Å². The van der Waals surface area contributed by atoms with Crippen LogP contribution in [0.5, 0.6) is 0 Å². The van der Waals surface area contributed by atoms with E-state index in [-0.39, 0.29) is 12.4 Å². The first-order valence-electron chi connectivity index (χ1n) is 5.96. The minimum absolute atomic E-state index is 0.0388. The molecule has 1 heterocycles. The molecule has 0 unspecified atom stereocenters. The van der Waals surface area contributed by atoms with Gasteiger partial charge in [-0.3, -0.25) is 0 Å². The number of benzene rings is 1. The smallest absolute Gasteiger partial charge is 0.392 e. The second-order valence-corrected chi connectivity index (χ2v) is 4.23. The van der Waals surface area contributed by atoms with Gasteiger partial charge in [-0.15, -0.1) is 0 Å². The SMILES string of the molecule is OCc1ccc(CNc2cccc(C(F)(F)F)n2)cc1. The summed E-state index contributed by atoms with van der Waals surface area (Å²) < 4.78 is 37.5. The summed E-state index contributed by atoms with van der Waals surface area (Å²) in [6.45, 7) is 0.322. The molecule has 0 aliphatic carbocycles. The lowest BCUT2D eigenvalue weighted by molar-refractivity contribution is -0.141. The highest BCUT2D eigenvalue weighted by atomic mass is 19.4. The van der Waals surface area contributed by atoms with Gasteiger partial charge in [0.25, 0.3) is 0 Å². The van der Waals surface area contributed by atoms with Crippen molar-refractivity contribution >= 4 is 5.82 Å². The Morgan fingerprint density at radius 2 is 1.65 bits per heavy atom. The Morgan fingerprint density at radius 3 is 2.25 bits per heavy atom. The third-order valence-corrected chi connectivity index (χ3v) is 2.72. The van der Waals surface area contributed by atoms with Gasteiger partial charge in [-0.05, 0) is 23.3 Å². The predicted octanol–water partition coefficient (Wildman–Crippen LogP) is 3.20. The van der Waals surface area contributed by atoms with Crippen molar-refractivity contribution in [3.63, 3.8) is 0 Å². The quantitative estimate of drug-likeness (QED) is 0.905. The fourth-order valence-corrected chi connectivity index (χ4v) is 1.65. The highest BCUT2D eigenvalue weighted by Crippen LogP contribution is 2.28. The molecule has 2 N–H and O–H groups in total. The third-order valence-electron chi connectivity index (χ3n) is 2.72. The summed E-state index contributed by atoms with van der Waals surface area (Å²) in [5.41, 5.74) is 0.755. The van der Waals surface area contributed by atoms with E-state index in [9.17, 15) is 13.2 Å². The average molecular weight is 282 g/mol. The Balaban J connectivity index is 2.03. The first-order valence-corrected chi connectivity index (χ1v) is 5.96. The van der Waals surface area contributed by atoms with E-state index in [1.807, 2.05) is 0 Å². The molecule has 1 aromatic heterocycles. The van der Waals surface area contributed by atoms with E-state index in [1.54, 1.807) is 24.3 Å². The molecule has 2 aromatic rings. The highest BCUT2D eigenvalue weighted by molar-refractivity contribution is 5.37. The zero-order chi connectivity index (χ0) is 14.6. The van der Waals surface area contributed by atoms with E-state index in [0.29, 0.717) is 6.54 Å². The molecule has 0 saturated carbocycles. The van der Waals surface area contributed by atoms with E-state index < -0.39 is 11.9 Å². The molecule has 0 spiro atoms. The standard InChI is InChI=1S/C14H13F3N2O/c15-14(16,17)12-2-1-3-13(19-12)18-8-10-4-6-11(9-20)7-5-10/h1-7,20H,8-9H2,(H,18,19). The van der Waals surface area contributed by atoms with Crippen LogP contribution >= 0.6 is 0 Å². The van der Waals surface area contributed by atoms with Crippen molar-refractivity contribution in [1.29, 1.82) is 0 Å². The molecule has 0 saturated heterocycles. The first-order chi connectivity index (χ1) is 9.49. The number of pyridine rings is 1. The maximum Gasteiger partial charge on any atom is 0.433 e. The Bertz CT molecular complexity index is 567. The first kappa shape index (κ1) is 14.3. The van der Waals surface area contributed by atoms with Crippen LogP contribution in [-0.2, 0) is 19.3 Å². The van der Waals surface area contributed by atoms with Crippen molar-refractivity contribution in [2.45, 2.75) is 19.3 Å². The van der Waals surface area contributed by atoms with Crippen molar-refractivity contribution in [3.8, 4) is 0 Å². The molecule has 0 bridgehead atoms. The summed E-state index contributed by atoms with van der Waals surface area (Å²) in [6, 6.07) is 10.8.